The molecule has 2 fully saturated rings. The topological polar surface area (TPSA) is 55.8 Å². The molecule has 0 saturated heterocycles. The predicted molar refractivity (Wildman–Crippen MR) is 140 cm³/mol. The Bertz CT molecular complexity index is 1120. The van der Waals surface area contributed by atoms with Gasteiger partial charge in [0.1, 0.15) is 5.75 Å². The van der Waals surface area contributed by atoms with Crippen LogP contribution in [0.4, 0.5) is 13.2 Å². The Balaban J connectivity index is 1.32. The molecule has 206 valence electrons. The second-order valence-corrected chi connectivity index (χ2v) is 10.7. The first-order chi connectivity index (χ1) is 18.3. The van der Waals surface area contributed by atoms with Crippen molar-refractivity contribution >= 4 is 5.97 Å². The van der Waals surface area contributed by atoms with Gasteiger partial charge in [0.25, 0.3) is 0 Å². The summed E-state index contributed by atoms with van der Waals surface area (Å²) >= 11 is 0. The fraction of sp³-hybridized carbons (Fsp3) is 0.516. The van der Waals surface area contributed by atoms with Gasteiger partial charge in [-0.05, 0) is 106 Å². The smallest absolute Gasteiger partial charge is 0.314 e. The lowest BCUT2D eigenvalue weighted by Gasteiger charge is -2.31. The van der Waals surface area contributed by atoms with E-state index >= 15 is 8.78 Å². The average molecular weight is 531 g/mol. The van der Waals surface area contributed by atoms with Crippen molar-refractivity contribution in [3.05, 3.63) is 71.6 Å². The van der Waals surface area contributed by atoms with Gasteiger partial charge in [-0.2, -0.15) is 0 Å². The van der Waals surface area contributed by atoms with Crippen LogP contribution in [-0.2, 0) is 4.79 Å². The zero-order valence-electron chi connectivity index (χ0n) is 21.9. The van der Waals surface area contributed by atoms with Crippen LogP contribution < -0.4 is 9.47 Å². The predicted octanol–water partition coefficient (Wildman–Crippen LogP) is 7.59. The minimum Gasteiger partial charge on any atom is -0.493 e. The number of carbonyl (C=O) groups excluding carboxylic acids is 1. The number of carbonyl (C=O) groups is 1. The van der Waals surface area contributed by atoms with Gasteiger partial charge in [0.05, 0.1) is 18.6 Å². The Morgan fingerprint density at radius 1 is 0.974 bits per heavy atom. The molecule has 7 heteroatoms. The standard InChI is InChI=1S/C31H37F3O4/c1-3-4-17-37-24-13-16-28(27(32)18-24)38-31(36)23-11-9-22(10-12-23)26-15-14-25(29(33)30(26)34)21-7-5-20(6-8-21)19(2)35/h3,13-16,18-23,35H,1,4-12,17H2,2H3. The van der Waals surface area contributed by atoms with Gasteiger partial charge in [-0.25, -0.2) is 13.2 Å². The number of aliphatic hydroxyl groups excluding tert-OH is 1. The highest BCUT2D eigenvalue weighted by Gasteiger charge is 2.33. The number of ether oxygens (including phenoxy) is 2. The summed E-state index contributed by atoms with van der Waals surface area (Å²) in [5.74, 6) is -2.98. The van der Waals surface area contributed by atoms with Crippen LogP contribution in [-0.4, -0.2) is 23.8 Å². The maximum atomic E-state index is 15.2. The molecule has 0 bridgehead atoms. The summed E-state index contributed by atoms with van der Waals surface area (Å²) in [4.78, 5) is 12.7. The highest BCUT2D eigenvalue weighted by Crippen LogP contribution is 2.42. The fourth-order valence-corrected chi connectivity index (χ4v) is 5.87. The SMILES string of the molecule is C=CCCOc1ccc(OC(=O)C2CCC(c3ccc(C4CCC(C(C)O)CC4)c(F)c3F)CC2)c(F)c1. The number of aliphatic hydroxyl groups is 1. The highest BCUT2D eigenvalue weighted by molar-refractivity contribution is 5.75. The van der Waals surface area contributed by atoms with E-state index in [2.05, 4.69) is 6.58 Å². The second-order valence-electron chi connectivity index (χ2n) is 10.7. The molecule has 1 unspecified atom stereocenters. The first-order valence-corrected chi connectivity index (χ1v) is 13.7. The molecule has 0 aromatic heterocycles. The maximum Gasteiger partial charge on any atom is 0.314 e. The number of esters is 1. The van der Waals surface area contributed by atoms with Gasteiger partial charge in [-0.1, -0.05) is 18.2 Å². The van der Waals surface area contributed by atoms with E-state index in [4.69, 9.17) is 9.47 Å². The largest absolute Gasteiger partial charge is 0.493 e. The van der Waals surface area contributed by atoms with Gasteiger partial charge >= 0.3 is 5.97 Å². The normalized spacial score (nSPS) is 24.4. The van der Waals surface area contributed by atoms with Crippen LogP contribution in [0.15, 0.2) is 43.0 Å². The molecule has 0 spiro atoms. The Morgan fingerprint density at radius 2 is 1.55 bits per heavy atom. The van der Waals surface area contributed by atoms with Crippen molar-refractivity contribution < 1.29 is 32.5 Å². The minimum absolute atomic E-state index is 0.0350. The summed E-state index contributed by atoms with van der Waals surface area (Å²) in [6, 6.07) is 7.52. The van der Waals surface area contributed by atoms with Crippen molar-refractivity contribution in [2.45, 2.75) is 82.7 Å². The number of benzene rings is 2. The third kappa shape index (κ3) is 6.60. The summed E-state index contributed by atoms with van der Waals surface area (Å²) in [7, 11) is 0. The molecule has 2 saturated carbocycles. The molecule has 0 amide bonds. The van der Waals surface area contributed by atoms with E-state index in [1.165, 1.54) is 12.1 Å². The van der Waals surface area contributed by atoms with Gasteiger partial charge in [0.15, 0.2) is 23.2 Å². The van der Waals surface area contributed by atoms with E-state index in [0.717, 1.165) is 25.7 Å². The summed E-state index contributed by atoms with van der Waals surface area (Å²) in [6.07, 6.45) is 7.01. The molecule has 4 rings (SSSR count). The highest BCUT2D eigenvalue weighted by atomic mass is 19.2. The van der Waals surface area contributed by atoms with Crippen molar-refractivity contribution in [2.75, 3.05) is 6.61 Å². The molecule has 0 heterocycles. The van der Waals surface area contributed by atoms with Gasteiger partial charge in [0, 0.05) is 6.07 Å². The van der Waals surface area contributed by atoms with Crippen LogP contribution >= 0.6 is 0 Å². The third-order valence-electron chi connectivity index (χ3n) is 8.24. The van der Waals surface area contributed by atoms with Crippen LogP contribution in [0.25, 0.3) is 0 Å². The monoisotopic (exact) mass is 530 g/mol. The zero-order chi connectivity index (χ0) is 27.2. The number of hydrogen-bond donors (Lipinski definition) is 1. The Hall–Kier alpha value is -2.80. The van der Waals surface area contributed by atoms with Crippen LogP contribution in [0.3, 0.4) is 0 Å². The van der Waals surface area contributed by atoms with Crippen LogP contribution in [0, 0.1) is 29.3 Å². The number of rotatable bonds is 9. The number of halogens is 3. The van der Waals surface area contributed by atoms with Gasteiger partial charge in [-0.3, -0.25) is 4.79 Å². The van der Waals surface area contributed by atoms with E-state index in [-0.39, 0.29) is 29.6 Å². The zero-order valence-corrected chi connectivity index (χ0v) is 21.9. The van der Waals surface area contributed by atoms with E-state index in [1.54, 1.807) is 31.2 Å². The van der Waals surface area contributed by atoms with Crippen molar-refractivity contribution in [3.8, 4) is 11.5 Å². The Morgan fingerprint density at radius 3 is 2.08 bits per heavy atom. The van der Waals surface area contributed by atoms with Crippen LogP contribution in [0.1, 0.15) is 87.7 Å². The molecule has 2 aromatic carbocycles. The summed E-state index contributed by atoms with van der Waals surface area (Å²) in [6.45, 7) is 5.77. The van der Waals surface area contributed by atoms with Gasteiger partial charge < -0.3 is 14.6 Å². The van der Waals surface area contributed by atoms with E-state index in [0.29, 0.717) is 55.6 Å². The lowest BCUT2D eigenvalue weighted by molar-refractivity contribution is -0.140. The average Bonchev–Trinajstić information content (AvgIpc) is 2.92. The number of hydrogen-bond acceptors (Lipinski definition) is 4. The van der Waals surface area contributed by atoms with Crippen molar-refractivity contribution in [3.63, 3.8) is 0 Å². The Kier molecular flexibility index (Phi) is 9.53. The molecule has 2 aliphatic carbocycles. The molecule has 0 aliphatic heterocycles. The summed E-state index contributed by atoms with van der Waals surface area (Å²) < 4.78 is 55.4. The van der Waals surface area contributed by atoms with Crippen molar-refractivity contribution in [1.82, 2.24) is 0 Å². The maximum absolute atomic E-state index is 15.2. The fourth-order valence-electron chi connectivity index (χ4n) is 5.87. The van der Waals surface area contributed by atoms with E-state index in [9.17, 15) is 14.3 Å². The van der Waals surface area contributed by atoms with Gasteiger partial charge in [-0.15, -0.1) is 6.58 Å². The molecule has 1 N–H and O–H groups in total. The third-order valence-corrected chi connectivity index (χ3v) is 8.24. The first-order valence-electron chi connectivity index (χ1n) is 13.7. The van der Waals surface area contributed by atoms with E-state index in [1.807, 2.05) is 0 Å². The molecule has 38 heavy (non-hydrogen) atoms. The van der Waals surface area contributed by atoms with Crippen LogP contribution in [0.2, 0.25) is 0 Å². The van der Waals surface area contributed by atoms with E-state index < -0.39 is 29.3 Å². The molecule has 2 aliphatic rings. The Labute approximate surface area is 222 Å². The van der Waals surface area contributed by atoms with Crippen molar-refractivity contribution in [1.29, 1.82) is 0 Å². The quantitative estimate of drug-likeness (QED) is 0.157. The summed E-state index contributed by atoms with van der Waals surface area (Å²) in [5.41, 5.74) is 0.778. The molecule has 1 atom stereocenters. The molecular weight excluding hydrogens is 493 g/mol. The first kappa shape index (κ1) is 28.2. The minimum atomic E-state index is -0.788. The van der Waals surface area contributed by atoms with Gasteiger partial charge in [0.2, 0.25) is 0 Å². The molecule has 0 radical (unpaired) electrons. The second kappa shape index (κ2) is 12.8. The van der Waals surface area contributed by atoms with Crippen LogP contribution in [0.5, 0.6) is 11.5 Å². The van der Waals surface area contributed by atoms with Crippen molar-refractivity contribution in [2.24, 2.45) is 11.8 Å². The lowest BCUT2D eigenvalue weighted by atomic mass is 9.75. The summed E-state index contributed by atoms with van der Waals surface area (Å²) in [5, 5.41) is 9.81. The lowest BCUT2D eigenvalue weighted by Crippen LogP contribution is -2.26. The molecule has 4 nitrogen and oxygen atoms in total. The molecule has 2 aromatic rings. The molecular formula is C31H37F3O4.